The summed E-state index contributed by atoms with van der Waals surface area (Å²) < 4.78 is 0. The lowest BCUT2D eigenvalue weighted by molar-refractivity contribution is -0.117. The molecule has 0 spiro atoms. The molecule has 1 aliphatic heterocycles. The minimum atomic E-state index is 0. The number of halogens is 1. The zero-order chi connectivity index (χ0) is 9.97. The Morgan fingerprint density at radius 3 is 2.67 bits per heavy atom. The van der Waals surface area contributed by atoms with Crippen LogP contribution in [0.1, 0.15) is 26.2 Å². The summed E-state index contributed by atoms with van der Waals surface area (Å²) in [6.07, 6.45) is 5.36. The van der Waals surface area contributed by atoms with Crippen LogP contribution in [0.4, 0.5) is 0 Å². The molecule has 4 heteroatoms. The van der Waals surface area contributed by atoms with Gasteiger partial charge >= 0.3 is 0 Å². The Hall–Kier alpha value is -0.540. The third-order valence-corrected chi connectivity index (χ3v) is 2.99. The number of nitrogens with one attached hydrogen (secondary N) is 2. The first kappa shape index (κ1) is 12.5. The summed E-state index contributed by atoms with van der Waals surface area (Å²) in [6, 6.07) is 0.339. The van der Waals surface area contributed by atoms with Crippen molar-refractivity contribution in [3.63, 3.8) is 0 Å². The van der Waals surface area contributed by atoms with Crippen molar-refractivity contribution in [3.8, 4) is 0 Å². The molecule has 3 nitrogen and oxygen atoms in total. The molecule has 0 aromatic heterocycles. The first-order chi connectivity index (χ1) is 6.75. The van der Waals surface area contributed by atoms with E-state index in [1.807, 2.05) is 0 Å². The fourth-order valence-electron chi connectivity index (χ4n) is 1.88. The smallest absolute Gasteiger partial charge is 0.244 e. The monoisotopic (exact) mass is 230 g/mol. The number of allylic oxidation sites excluding steroid dienone is 1. The average Bonchev–Trinajstić information content (AvgIpc) is 2.87. The Morgan fingerprint density at radius 2 is 2.13 bits per heavy atom. The van der Waals surface area contributed by atoms with Gasteiger partial charge in [-0.2, -0.15) is 0 Å². The van der Waals surface area contributed by atoms with Crippen molar-refractivity contribution in [2.24, 2.45) is 5.92 Å². The molecule has 2 fully saturated rings. The first-order valence-corrected chi connectivity index (χ1v) is 5.45. The van der Waals surface area contributed by atoms with Crippen molar-refractivity contribution in [1.29, 1.82) is 0 Å². The lowest BCUT2D eigenvalue weighted by atomic mass is 10.2. The Kier molecular flexibility index (Phi) is 4.61. The van der Waals surface area contributed by atoms with Crippen LogP contribution >= 0.6 is 12.4 Å². The normalized spacial score (nSPS) is 25.9. The van der Waals surface area contributed by atoms with E-state index < -0.39 is 0 Å². The third-order valence-electron chi connectivity index (χ3n) is 2.99. The predicted molar refractivity (Wildman–Crippen MR) is 63.1 cm³/mol. The zero-order valence-electron chi connectivity index (χ0n) is 9.08. The number of amides is 1. The maximum Gasteiger partial charge on any atom is 0.244 e. The molecule has 86 valence electrons. The van der Waals surface area contributed by atoms with Crippen LogP contribution in [0, 0.1) is 5.92 Å². The van der Waals surface area contributed by atoms with Crippen molar-refractivity contribution in [3.05, 3.63) is 11.6 Å². The number of carbonyl (C=O) groups is 1. The van der Waals surface area contributed by atoms with Gasteiger partial charge < -0.3 is 10.6 Å². The minimum absolute atomic E-state index is 0. The highest BCUT2D eigenvalue weighted by atomic mass is 35.5. The van der Waals surface area contributed by atoms with Gasteiger partial charge in [0.1, 0.15) is 0 Å². The van der Waals surface area contributed by atoms with Crippen molar-refractivity contribution >= 4 is 18.3 Å². The van der Waals surface area contributed by atoms with E-state index in [0.29, 0.717) is 12.0 Å². The fraction of sp³-hybridized carbons (Fsp3) is 0.727. The Morgan fingerprint density at radius 1 is 1.40 bits per heavy atom. The lowest BCUT2D eigenvalue weighted by Crippen LogP contribution is -2.35. The maximum absolute atomic E-state index is 11.5. The Balaban J connectivity index is 0.00000112. The molecule has 1 saturated carbocycles. The first-order valence-electron chi connectivity index (χ1n) is 5.45. The molecule has 2 N–H and O–H groups in total. The van der Waals surface area contributed by atoms with Crippen LogP contribution in [0.25, 0.3) is 0 Å². The highest BCUT2D eigenvalue weighted by Crippen LogP contribution is 2.35. The van der Waals surface area contributed by atoms with Crippen molar-refractivity contribution in [2.75, 3.05) is 13.1 Å². The zero-order valence-corrected chi connectivity index (χ0v) is 9.90. The highest BCUT2D eigenvalue weighted by molar-refractivity contribution is 5.88. The van der Waals surface area contributed by atoms with Gasteiger partial charge in [-0.3, -0.25) is 4.79 Å². The van der Waals surface area contributed by atoms with Crippen LogP contribution < -0.4 is 10.6 Å². The SMILES string of the molecule is C/C(=C\C(=O)NC1CCNC1)C1CC1.Cl. The Bertz CT molecular complexity index is 255. The van der Waals surface area contributed by atoms with Gasteiger partial charge in [-0.15, -0.1) is 12.4 Å². The third kappa shape index (κ3) is 3.84. The van der Waals surface area contributed by atoms with Gasteiger partial charge in [0.15, 0.2) is 0 Å². The van der Waals surface area contributed by atoms with E-state index in [4.69, 9.17) is 0 Å². The van der Waals surface area contributed by atoms with Crippen LogP contribution in [0.5, 0.6) is 0 Å². The molecule has 0 bridgehead atoms. The van der Waals surface area contributed by atoms with Crippen LogP contribution in [0.2, 0.25) is 0 Å². The molecule has 1 atom stereocenters. The average molecular weight is 231 g/mol. The molecule has 0 radical (unpaired) electrons. The van der Waals surface area contributed by atoms with Crippen LogP contribution in [0.15, 0.2) is 11.6 Å². The summed E-state index contributed by atoms with van der Waals surface area (Å²) in [5, 5.41) is 6.25. The van der Waals surface area contributed by atoms with Crippen molar-refractivity contribution < 1.29 is 4.79 Å². The second-order valence-electron chi connectivity index (χ2n) is 4.36. The van der Waals surface area contributed by atoms with Crippen molar-refractivity contribution in [2.45, 2.75) is 32.2 Å². The molecule has 1 amide bonds. The summed E-state index contributed by atoms with van der Waals surface area (Å²) in [6.45, 7) is 4.00. The van der Waals surface area contributed by atoms with Gasteiger partial charge in [-0.05, 0) is 38.6 Å². The standard InChI is InChI=1S/C11H18N2O.ClH/c1-8(9-2-3-9)6-11(14)13-10-4-5-12-7-10;/h6,9-10,12H,2-5,7H2,1H3,(H,13,14);1H/b8-6+;. The van der Waals surface area contributed by atoms with Crippen LogP contribution in [-0.4, -0.2) is 25.0 Å². The number of carbonyl (C=O) groups excluding carboxylic acids is 1. The summed E-state index contributed by atoms with van der Waals surface area (Å²) in [7, 11) is 0. The van der Waals surface area contributed by atoms with Gasteiger partial charge in [-0.1, -0.05) is 5.57 Å². The number of rotatable bonds is 3. The van der Waals surface area contributed by atoms with E-state index in [1.165, 1.54) is 18.4 Å². The summed E-state index contributed by atoms with van der Waals surface area (Å²) in [5.74, 6) is 0.783. The summed E-state index contributed by atoms with van der Waals surface area (Å²) >= 11 is 0. The maximum atomic E-state index is 11.5. The van der Waals surface area contributed by atoms with Gasteiger partial charge in [0, 0.05) is 18.7 Å². The fourth-order valence-corrected chi connectivity index (χ4v) is 1.88. The van der Waals surface area contributed by atoms with Crippen LogP contribution in [0.3, 0.4) is 0 Å². The van der Waals surface area contributed by atoms with E-state index >= 15 is 0 Å². The van der Waals surface area contributed by atoms with E-state index in [1.54, 1.807) is 6.08 Å². The quantitative estimate of drug-likeness (QED) is 0.717. The topological polar surface area (TPSA) is 41.1 Å². The highest BCUT2D eigenvalue weighted by Gasteiger charge is 2.24. The molecule has 1 saturated heterocycles. The number of hydrogen-bond acceptors (Lipinski definition) is 2. The second kappa shape index (κ2) is 5.52. The van der Waals surface area contributed by atoms with Gasteiger partial charge in [0.05, 0.1) is 0 Å². The molecule has 15 heavy (non-hydrogen) atoms. The summed E-state index contributed by atoms with van der Waals surface area (Å²) in [4.78, 5) is 11.5. The second-order valence-corrected chi connectivity index (χ2v) is 4.36. The number of hydrogen-bond donors (Lipinski definition) is 2. The molecule has 2 rings (SSSR count). The van der Waals surface area contributed by atoms with Gasteiger partial charge in [0.2, 0.25) is 5.91 Å². The molecular formula is C11H19ClN2O. The molecule has 1 unspecified atom stereocenters. The molecule has 2 aliphatic rings. The van der Waals surface area contributed by atoms with Crippen molar-refractivity contribution in [1.82, 2.24) is 10.6 Å². The van der Waals surface area contributed by atoms with E-state index in [9.17, 15) is 4.79 Å². The largest absolute Gasteiger partial charge is 0.348 e. The Labute approximate surface area is 97.1 Å². The van der Waals surface area contributed by atoms with Crippen LogP contribution in [-0.2, 0) is 4.79 Å². The van der Waals surface area contributed by atoms with Gasteiger partial charge in [0.25, 0.3) is 0 Å². The van der Waals surface area contributed by atoms with E-state index in [2.05, 4.69) is 17.6 Å². The molecular weight excluding hydrogens is 212 g/mol. The predicted octanol–water partition coefficient (Wildman–Crippen LogP) is 1.24. The van der Waals surface area contributed by atoms with E-state index in [0.717, 1.165) is 19.5 Å². The molecule has 1 aliphatic carbocycles. The summed E-state index contributed by atoms with van der Waals surface area (Å²) in [5.41, 5.74) is 1.24. The minimum Gasteiger partial charge on any atom is -0.348 e. The molecule has 0 aromatic carbocycles. The van der Waals surface area contributed by atoms with E-state index in [-0.39, 0.29) is 18.3 Å². The lowest BCUT2D eigenvalue weighted by Gasteiger charge is -2.09. The van der Waals surface area contributed by atoms with Gasteiger partial charge in [-0.25, -0.2) is 0 Å². The molecule has 0 aromatic rings. The molecule has 1 heterocycles.